The van der Waals surface area contributed by atoms with E-state index in [1.807, 2.05) is 0 Å². The van der Waals surface area contributed by atoms with E-state index in [0.29, 0.717) is 17.8 Å². The summed E-state index contributed by atoms with van der Waals surface area (Å²) in [5.74, 6) is -0.185. The lowest BCUT2D eigenvalue weighted by Gasteiger charge is -1.70. The maximum atomic E-state index is 10.1. The molecular formula is C3H5N2O2+. The second-order valence-corrected chi connectivity index (χ2v) is 1.39. The van der Waals surface area contributed by atoms with E-state index < -0.39 is 0 Å². The van der Waals surface area contributed by atoms with Crippen molar-refractivity contribution >= 4 is 5.91 Å². The minimum Gasteiger partial charge on any atom is -0.269 e. The summed E-state index contributed by atoms with van der Waals surface area (Å²) in [6, 6.07) is 0. The fraction of sp³-hybridized carbons (Fsp3) is 0.667. The summed E-state index contributed by atoms with van der Waals surface area (Å²) >= 11 is 0. The van der Waals surface area contributed by atoms with Gasteiger partial charge >= 0.3 is 0 Å². The molecule has 1 saturated heterocycles. The lowest BCUT2D eigenvalue weighted by Crippen LogP contribution is -2.20. The van der Waals surface area contributed by atoms with Crippen LogP contribution >= 0.6 is 0 Å². The number of amides is 1. The second kappa shape index (κ2) is 1.29. The van der Waals surface area contributed by atoms with Crippen LogP contribution in [0.3, 0.4) is 0 Å². The van der Waals surface area contributed by atoms with Crippen LogP contribution in [0.5, 0.6) is 0 Å². The average molecular weight is 101 g/mol. The summed E-state index contributed by atoms with van der Waals surface area (Å²) in [5, 5.41) is 0. The third-order valence-corrected chi connectivity index (χ3v) is 0.791. The highest BCUT2D eigenvalue weighted by Gasteiger charge is 2.23. The number of hydrogen-bond donors (Lipinski definition) is 1. The van der Waals surface area contributed by atoms with Gasteiger partial charge in [0.25, 0.3) is 5.91 Å². The highest BCUT2D eigenvalue weighted by atomic mass is 16.3. The van der Waals surface area contributed by atoms with E-state index in [9.17, 15) is 9.70 Å². The first-order valence-corrected chi connectivity index (χ1v) is 2.03. The molecule has 0 unspecified atom stereocenters. The first-order chi connectivity index (χ1) is 3.29. The van der Waals surface area contributed by atoms with Crippen LogP contribution in [0.4, 0.5) is 0 Å². The molecule has 4 nitrogen and oxygen atoms in total. The summed E-state index contributed by atoms with van der Waals surface area (Å²) in [7, 11) is 0. The largest absolute Gasteiger partial charge is 0.285 e. The van der Waals surface area contributed by atoms with Crippen LogP contribution in [0.25, 0.3) is 0 Å². The van der Waals surface area contributed by atoms with Crippen molar-refractivity contribution in [3.63, 3.8) is 0 Å². The van der Waals surface area contributed by atoms with Gasteiger partial charge in [0.1, 0.15) is 4.87 Å². The Morgan fingerprint density at radius 2 is 2.43 bits per heavy atom. The lowest BCUT2D eigenvalue weighted by atomic mass is 10.5. The maximum absolute atomic E-state index is 10.1. The van der Waals surface area contributed by atoms with Gasteiger partial charge in [-0.3, -0.25) is 4.79 Å². The van der Waals surface area contributed by atoms with Crippen LogP contribution in [0, 0.1) is 4.91 Å². The zero-order valence-electron chi connectivity index (χ0n) is 3.68. The van der Waals surface area contributed by atoms with E-state index in [-0.39, 0.29) is 5.91 Å². The predicted octanol–water partition coefficient (Wildman–Crippen LogP) is -0.800. The minimum atomic E-state index is -0.185. The zero-order valence-corrected chi connectivity index (χ0v) is 3.68. The summed E-state index contributed by atoms with van der Waals surface area (Å²) in [6.45, 7) is 0.291. The Morgan fingerprint density at radius 1 is 1.71 bits per heavy atom. The summed E-state index contributed by atoms with van der Waals surface area (Å²) < 4.78 is 0. The van der Waals surface area contributed by atoms with E-state index in [1.165, 1.54) is 0 Å². The topological polar surface area (TPSA) is 49.2 Å². The average Bonchev–Trinajstić information content (AvgIpc) is 1.87. The molecule has 0 aromatic rings. The van der Waals surface area contributed by atoms with E-state index in [2.05, 4.69) is 5.43 Å². The van der Waals surface area contributed by atoms with Crippen molar-refractivity contribution in [1.29, 1.82) is 0 Å². The molecule has 1 rings (SSSR count). The molecule has 38 valence electrons. The van der Waals surface area contributed by atoms with Gasteiger partial charge in [-0.2, -0.15) is 0 Å². The molecule has 4 heteroatoms. The molecule has 0 aromatic carbocycles. The highest BCUT2D eigenvalue weighted by molar-refractivity contribution is 5.75. The van der Waals surface area contributed by atoms with Gasteiger partial charge < -0.3 is 0 Å². The summed E-state index contributed by atoms with van der Waals surface area (Å²) in [6.07, 6.45) is 0.337. The molecule has 0 aliphatic carbocycles. The first kappa shape index (κ1) is 4.23. The normalized spacial score (nSPS) is 20.0. The lowest BCUT2D eigenvalue weighted by molar-refractivity contribution is -0.578. The Balaban J connectivity index is 2.55. The molecule has 0 radical (unpaired) electrons. The van der Waals surface area contributed by atoms with Crippen LogP contribution in [0.15, 0.2) is 0 Å². The van der Waals surface area contributed by atoms with Crippen LogP contribution in [0.1, 0.15) is 6.42 Å². The number of rotatable bonds is 0. The maximum Gasteiger partial charge on any atom is 0.285 e. The number of hydrazine groups is 1. The number of nitrogens with one attached hydrogen (secondary N) is 1. The Kier molecular flexibility index (Phi) is 0.780. The number of carbonyl (C=O) groups excluding carboxylic acids is 1. The van der Waals surface area contributed by atoms with Gasteiger partial charge in [-0.15, -0.1) is 0 Å². The minimum absolute atomic E-state index is 0.185. The molecule has 0 spiro atoms. The van der Waals surface area contributed by atoms with Gasteiger partial charge in [0.05, 0.1) is 11.3 Å². The third-order valence-electron chi connectivity index (χ3n) is 0.791. The van der Waals surface area contributed by atoms with Crippen LogP contribution in [-0.4, -0.2) is 17.3 Å². The van der Waals surface area contributed by atoms with Crippen LogP contribution in [0.2, 0.25) is 0 Å². The highest BCUT2D eigenvalue weighted by Crippen LogP contribution is 1.87. The quantitative estimate of drug-likeness (QED) is 0.406. The van der Waals surface area contributed by atoms with E-state index in [1.54, 1.807) is 0 Å². The van der Waals surface area contributed by atoms with Crippen molar-refractivity contribution < 1.29 is 9.66 Å². The van der Waals surface area contributed by atoms with E-state index in [0.717, 1.165) is 0 Å². The first-order valence-electron chi connectivity index (χ1n) is 2.03. The van der Waals surface area contributed by atoms with Crippen molar-refractivity contribution in [2.75, 3.05) is 6.54 Å². The Bertz CT molecular complexity index is 106. The molecule has 0 aromatic heterocycles. The fourth-order valence-electron chi connectivity index (χ4n) is 0.454. The summed E-state index contributed by atoms with van der Waals surface area (Å²) in [4.78, 5) is 20.7. The molecule has 0 saturated carbocycles. The molecule has 1 fully saturated rings. The smallest absolute Gasteiger partial charge is 0.269 e. The van der Waals surface area contributed by atoms with Gasteiger partial charge in [-0.1, -0.05) is 5.43 Å². The zero-order chi connectivity index (χ0) is 5.28. The standard InChI is InChI=1S/C3H4N2O2/c6-3-1-2-5(7)4-3/h1-2H2/p+1. The predicted molar refractivity (Wildman–Crippen MR) is 21.3 cm³/mol. The number of hydrogen-bond acceptors (Lipinski definition) is 2. The van der Waals surface area contributed by atoms with Gasteiger partial charge in [0.2, 0.25) is 6.54 Å². The van der Waals surface area contributed by atoms with Crippen molar-refractivity contribution in [3.05, 3.63) is 4.91 Å². The van der Waals surface area contributed by atoms with Crippen LogP contribution < -0.4 is 5.43 Å². The second-order valence-electron chi connectivity index (χ2n) is 1.39. The van der Waals surface area contributed by atoms with Crippen molar-refractivity contribution in [1.82, 2.24) is 5.43 Å². The summed E-state index contributed by atoms with van der Waals surface area (Å²) in [5.41, 5.74) is 2.06. The monoisotopic (exact) mass is 101 g/mol. The molecule has 0 atom stereocenters. The Morgan fingerprint density at radius 3 is 2.57 bits per heavy atom. The molecule has 1 N–H and O–H groups in total. The molecule has 1 amide bonds. The number of carbonyl (C=O) groups is 1. The Labute approximate surface area is 40.0 Å². The van der Waals surface area contributed by atoms with E-state index >= 15 is 0 Å². The molecule has 1 aliphatic heterocycles. The number of nitroso groups, excluding NO2 is 1. The number of nitrogens with zero attached hydrogens (tertiary/aromatic N) is 1. The van der Waals surface area contributed by atoms with Crippen molar-refractivity contribution in [3.8, 4) is 0 Å². The van der Waals surface area contributed by atoms with Gasteiger partial charge in [-0.25, -0.2) is 0 Å². The molecule has 0 bridgehead atoms. The van der Waals surface area contributed by atoms with Crippen molar-refractivity contribution in [2.24, 2.45) is 0 Å². The SMILES string of the molecule is O=C1CC[N+](=O)N1. The molecular weight excluding hydrogens is 96.0 g/mol. The van der Waals surface area contributed by atoms with E-state index in [4.69, 9.17) is 0 Å². The van der Waals surface area contributed by atoms with Crippen molar-refractivity contribution in [2.45, 2.75) is 6.42 Å². The van der Waals surface area contributed by atoms with Crippen LogP contribution in [-0.2, 0) is 4.79 Å². The molecule has 1 heterocycles. The Hall–Kier alpha value is -0.930. The van der Waals surface area contributed by atoms with Gasteiger partial charge in [0, 0.05) is 0 Å². The van der Waals surface area contributed by atoms with Gasteiger partial charge in [0.15, 0.2) is 0 Å². The molecule has 1 aliphatic rings. The third kappa shape index (κ3) is 0.734. The van der Waals surface area contributed by atoms with Gasteiger partial charge in [-0.05, 0) is 0 Å². The fourth-order valence-corrected chi connectivity index (χ4v) is 0.454. The molecule has 7 heavy (non-hydrogen) atoms.